The predicted molar refractivity (Wildman–Crippen MR) is 145 cm³/mol. The molecule has 0 saturated heterocycles. The Kier molecular flexibility index (Phi) is 7.57. The van der Waals surface area contributed by atoms with Crippen molar-refractivity contribution in [2.24, 2.45) is 0 Å². The van der Waals surface area contributed by atoms with Crippen LogP contribution in [0.4, 0.5) is 5.69 Å². The Labute approximate surface area is 217 Å². The summed E-state index contributed by atoms with van der Waals surface area (Å²) in [6.45, 7) is 0.509. The number of nitrogens with zero attached hydrogens (tertiary/aromatic N) is 3. The predicted octanol–water partition coefficient (Wildman–Crippen LogP) is 4.50. The largest absolute Gasteiger partial charge is 0.746 e. The number of rotatable bonds is 10. The van der Waals surface area contributed by atoms with Gasteiger partial charge in [-0.3, -0.25) is 9.36 Å². The van der Waals surface area contributed by atoms with E-state index >= 15 is 0 Å². The van der Waals surface area contributed by atoms with E-state index in [1.165, 1.54) is 0 Å². The number of phosphoric ester groups is 1. The van der Waals surface area contributed by atoms with Crippen LogP contribution >= 0.6 is 7.82 Å². The Morgan fingerprint density at radius 1 is 0.973 bits per heavy atom. The van der Waals surface area contributed by atoms with Gasteiger partial charge in [-0.05, 0) is 48.5 Å². The number of quaternary nitrogens is 1. The summed E-state index contributed by atoms with van der Waals surface area (Å²) in [5, 5.41) is 0.589. The zero-order chi connectivity index (χ0) is 26.8. The van der Waals surface area contributed by atoms with Gasteiger partial charge in [-0.25, -0.2) is 0 Å². The maximum Gasteiger partial charge on any atom is 0.320 e. The normalized spacial score (nSPS) is 13.4. The van der Waals surface area contributed by atoms with Crippen LogP contribution in [0, 0.1) is 0 Å². The lowest BCUT2D eigenvalue weighted by atomic mass is 10.0. The lowest BCUT2D eigenvalue weighted by Gasteiger charge is -2.27. The average molecular weight is 522 g/mol. The molecule has 9 heteroatoms. The summed E-state index contributed by atoms with van der Waals surface area (Å²) >= 11 is 0. The van der Waals surface area contributed by atoms with E-state index in [4.69, 9.17) is 9.05 Å². The molecule has 3 aromatic carbocycles. The number of aromatic nitrogens is 1. The standard InChI is InChI=1S/C28H32N3O5P/c1-29(2)22-16-14-21(15-17-22)28(32)24-11-7-9-13-26(24)30-20-27(23-10-6-8-12-25(23)30)36-37(33,34)35-19-18-31(3,4)5/h6-17,20H,18-19H2,1-5H3. The van der Waals surface area contributed by atoms with E-state index in [9.17, 15) is 14.3 Å². The molecule has 37 heavy (non-hydrogen) atoms. The van der Waals surface area contributed by atoms with Gasteiger partial charge in [0.25, 0.3) is 0 Å². The summed E-state index contributed by atoms with van der Waals surface area (Å²) in [5.74, 6) is -0.00365. The third-order valence-electron chi connectivity index (χ3n) is 5.95. The molecule has 0 amide bonds. The number of para-hydroxylation sites is 2. The fourth-order valence-corrected chi connectivity index (χ4v) is 4.68. The minimum atomic E-state index is -4.62. The maximum absolute atomic E-state index is 13.5. The topological polar surface area (TPSA) is 83.8 Å². The van der Waals surface area contributed by atoms with Crippen LogP contribution < -0.4 is 14.3 Å². The van der Waals surface area contributed by atoms with Crippen LogP contribution in [0.3, 0.4) is 0 Å². The van der Waals surface area contributed by atoms with E-state index in [0.29, 0.717) is 38.7 Å². The second-order valence-electron chi connectivity index (χ2n) is 10.1. The number of carbonyl (C=O) groups excluding carboxylic acids is 1. The third kappa shape index (κ3) is 6.29. The van der Waals surface area contributed by atoms with Crippen LogP contribution in [0.2, 0.25) is 0 Å². The monoisotopic (exact) mass is 521 g/mol. The van der Waals surface area contributed by atoms with Gasteiger partial charge in [0.05, 0.1) is 38.5 Å². The zero-order valence-corrected chi connectivity index (χ0v) is 22.6. The quantitative estimate of drug-likeness (QED) is 0.174. The van der Waals surface area contributed by atoms with Gasteiger partial charge >= 0.3 is 7.82 Å². The Hall–Kier alpha value is -3.42. The molecule has 4 rings (SSSR count). The van der Waals surface area contributed by atoms with E-state index < -0.39 is 7.82 Å². The van der Waals surface area contributed by atoms with Gasteiger partial charge in [0.2, 0.25) is 0 Å². The summed E-state index contributed by atoms with van der Waals surface area (Å²) in [7, 11) is 5.11. The fourth-order valence-electron chi connectivity index (χ4n) is 3.94. The Bertz CT molecular complexity index is 1450. The first-order valence-electron chi connectivity index (χ1n) is 11.9. The van der Waals surface area contributed by atoms with E-state index in [1.807, 2.05) is 76.5 Å². The van der Waals surface area contributed by atoms with E-state index in [2.05, 4.69) is 0 Å². The molecular weight excluding hydrogens is 489 g/mol. The highest BCUT2D eigenvalue weighted by molar-refractivity contribution is 7.46. The zero-order valence-electron chi connectivity index (χ0n) is 21.7. The second-order valence-corrected chi connectivity index (χ2v) is 11.4. The smallest absolute Gasteiger partial charge is 0.320 e. The molecule has 4 aromatic rings. The van der Waals surface area contributed by atoms with E-state index in [0.717, 1.165) is 5.69 Å². The first-order valence-corrected chi connectivity index (χ1v) is 13.4. The molecule has 1 atom stereocenters. The van der Waals surface area contributed by atoms with Crippen molar-refractivity contribution in [3.63, 3.8) is 0 Å². The Balaban J connectivity index is 1.70. The van der Waals surface area contributed by atoms with Crippen molar-refractivity contribution in [3.8, 4) is 11.4 Å². The molecule has 1 heterocycles. The van der Waals surface area contributed by atoms with Crippen molar-refractivity contribution in [2.45, 2.75) is 0 Å². The van der Waals surface area contributed by atoms with Gasteiger partial charge in [0.1, 0.15) is 13.2 Å². The Morgan fingerprint density at radius 3 is 2.30 bits per heavy atom. The fraction of sp³-hybridized carbons (Fsp3) is 0.250. The van der Waals surface area contributed by atoms with Gasteiger partial charge < -0.3 is 27.9 Å². The molecule has 0 saturated carbocycles. The number of carbonyl (C=O) groups is 1. The average Bonchev–Trinajstić information content (AvgIpc) is 3.20. The molecule has 0 aliphatic rings. The number of fused-ring (bicyclic) bond motifs is 1. The van der Waals surface area contributed by atoms with Crippen LogP contribution in [-0.2, 0) is 9.09 Å². The van der Waals surface area contributed by atoms with Crippen LogP contribution in [0.1, 0.15) is 15.9 Å². The molecule has 0 fully saturated rings. The van der Waals surface area contributed by atoms with Crippen LogP contribution in [0.25, 0.3) is 16.6 Å². The molecule has 0 N–H and O–H groups in total. The first-order chi connectivity index (χ1) is 17.5. The minimum Gasteiger partial charge on any atom is -0.746 e. The molecular formula is C28H32N3O5P. The van der Waals surface area contributed by atoms with Gasteiger partial charge in [0, 0.05) is 36.3 Å². The summed E-state index contributed by atoms with van der Waals surface area (Å²) in [6.07, 6.45) is 1.58. The maximum atomic E-state index is 13.5. The van der Waals surface area contributed by atoms with Crippen LogP contribution in [0.15, 0.2) is 79.0 Å². The number of anilines is 1. The molecule has 1 unspecified atom stereocenters. The van der Waals surface area contributed by atoms with Crippen molar-refractivity contribution >= 4 is 30.2 Å². The van der Waals surface area contributed by atoms with Gasteiger partial charge in [-0.1, -0.05) is 24.3 Å². The van der Waals surface area contributed by atoms with Crippen molar-refractivity contribution in [1.29, 1.82) is 0 Å². The van der Waals surface area contributed by atoms with E-state index in [1.54, 1.807) is 47.2 Å². The highest BCUT2D eigenvalue weighted by Crippen LogP contribution is 2.43. The molecule has 8 nitrogen and oxygen atoms in total. The van der Waals surface area contributed by atoms with Crippen molar-refractivity contribution in [2.75, 3.05) is 53.3 Å². The van der Waals surface area contributed by atoms with Crippen molar-refractivity contribution in [1.82, 2.24) is 4.57 Å². The van der Waals surface area contributed by atoms with Crippen LogP contribution in [0.5, 0.6) is 5.75 Å². The number of phosphoric acid groups is 1. The third-order valence-corrected chi connectivity index (χ3v) is 6.87. The van der Waals surface area contributed by atoms with Crippen LogP contribution in [-0.4, -0.2) is 63.2 Å². The lowest BCUT2D eigenvalue weighted by molar-refractivity contribution is -0.870. The summed E-state index contributed by atoms with van der Waals surface area (Å²) < 4.78 is 25.5. The number of hydrogen-bond donors (Lipinski definition) is 0. The highest BCUT2D eigenvalue weighted by Gasteiger charge is 2.21. The molecule has 0 radical (unpaired) electrons. The molecule has 0 aliphatic carbocycles. The number of likely N-dealkylation sites (N-methyl/N-ethyl adjacent to an activating group) is 1. The summed E-state index contributed by atoms with van der Waals surface area (Å²) in [6, 6.07) is 21.9. The SMILES string of the molecule is CN(C)c1ccc(C(=O)c2ccccc2-n2cc(OP(=O)([O-])OCC[N+](C)(C)C)c3ccccc32)cc1. The Morgan fingerprint density at radius 2 is 1.62 bits per heavy atom. The molecule has 1 aromatic heterocycles. The van der Waals surface area contributed by atoms with Gasteiger partial charge in [0.15, 0.2) is 11.5 Å². The minimum absolute atomic E-state index is 0.00681. The van der Waals surface area contributed by atoms with Gasteiger partial charge in [-0.15, -0.1) is 0 Å². The van der Waals surface area contributed by atoms with Gasteiger partial charge in [-0.2, -0.15) is 0 Å². The first kappa shape index (κ1) is 26.6. The molecule has 194 valence electrons. The number of hydrogen-bond acceptors (Lipinski definition) is 6. The number of ketones is 1. The molecule has 0 aliphatic heterocycles. The van der Waals surface area contributed by atoms with Crippen molar-refractivity contribution in [3.05, 3.63) is 90.1 Å². The highest BCUT2D eigenvalue weighted by atomic mass is 31.2. The van der Waals surface area contributed by atoms with E-state index in [-0.39, 0.29) is 18.1 Å². The number of benzene rings is 3. The molecule has 0 bridgehead atoms. The molecule has 0 spiro atoms. The summed E-state index contributed by atoms with van der Waals surface area (Å²) in [5.41, 5.74) is 3.35. The summed E-state index contributed by atoms with van der Waals surface area (Å²) in [4.78, 5) is 28.1. The van der Waals surface area contributed by atoms with Crippen molar-refractivity contribution < 1.29 is 27.8 Å². The lowest BCUT2D eigenvalue weighted by Crippen LogP contribution is -2.37. The second kappa shape index (κ2) is 10.5.